The van der Waals surface area contributed by atoms with Gasteiger partial charge < -0.3 is 15.4 Å². The van der Waals surface area contributed by atoms with Gasteiger partial charge in [0.25, 0.3) is 0 Å². The highest BCUT2D eigenvalue weighted by molar-refractivity contribution is 5.48. The van der Waals surface area contributed by atoms with Gasteiger partial charge in [0, 0.05) is 30.5 Å². The number of hydrogen-bond donors (Lipinski definition) is 2. The second-order valence-electron chi connectivity index (χ2n) is 5.66. The number of anilines is 2. The van der Waals surface area contributed by atoms with Crippen LogP contribution in [0.5, 0.6) is 5.75 Å². The smallest absolute Gasteiger partial charge is 0.121 e. The Labute approximate surface area is 140 Å². The van der Waals surface area contributed by atoms with E-state index >= 15 is 0 Å². The van der Waals surface area contributed by atoms with E-state index in [1.807, 2.05) is 30.3 Å². The van der Waals surface area contributed by atoms with E-state index in [0.29, 0.717) is 0 Å². The van der Waals surface area contributed by atoms with Gasteiger partial charge in [0.1, 0.15) is 5.75 Å². The molecule has 2 rings (SSSR count). The lowest BCUT2D eigenvalue weighted by molar-refractivity contribution is 0.305. The van der Waals surface area contributed by atoms with Gasteiger partial charge in [0.15, 0.2) is 0 Å². The van der Waals surface area contributed by atoms with E-state index in [9.17, 15) is 0 Å². The van der Waals surface area contributed by atoms with Gasteiger partial charge >= 0.3 is 0 Å². The zero-order chi connectivity index (χ0) is 16.2. The molecule has 2 N–H and O–H groups in total. The van der Waals surface area contributed by atoms with Crippen molar-refractivity contribution in [3.05, 3.63) is 54.6 Å². The molecule has 3 heteroatoms. The number of hydrogen-bond acceptors (Lipinski definition) is 3. The molecule has 2 aromatic carbocycles. The monoisotopic (exact) mass is 312 g/mol. The minimum atomic E-state index is 0.805. The van der Waals surface area contributed by atoms with Crippen LogP contribution >= 0.6 is 0 Å². The third kappa shape index (κ3) is 7.09. The summed E-state index contributed by atoms with van der Waals surface area (Å²) in [5.74, 6) is 0.947. The quantitative estimate of drug-likeness (QED) is 0.562. The van der Waals surface area contributed by atoms with Crippen LogP contribution in [0.15, 0.2) is 54.6 Å². The van der Waals surface area contributed by atoms with Gasteiger partial charge in [-0.2, -0.15) is 0 Å². The Balaban J connectivity index is 1.66. The maximum atomic E-state index is 5.81. The van der Waals surface area contributed by atoms with Gasteiger partial charge in [-0.15, -0.1) is 0 Å². The molecule has 0 aromatic heterocycles. The maximum Gasteiger partial charge on any atom is 0.121 e. The first-order chi connectivity index (χ1) is 11.4. The fourth-order valence-corrected chi connectivity index (χ4v) is 2.38. The minimum Gasteiger partial charge on any atom is -0.494 e. The second-order valence-corrected chi connectivity index (χ2v) is 5.66. The molecule has 23 heavy (non-hydrogen) atoms. The molecule has 0 radical (unpaired) electrons. The summed E-state index contributed by atoms with van der Waals surface area (Å²) in [5, 5.41) is 6.81. The average molecular weight is 312 g/mol. The van der Waals surface area contributed by atoms with Crippen LogP contribution in [0.1, 0.15) is 32.6 Å². The van der Waals surface area contributed by atoms with E-state index in [1.165, 1.54) is 19.3 Å². The van der Waals surface area contributed by atoms with E-state index in [1.54, 1.807) is 0 Å². The third-order valence-corrected chi connectivity index (χ3v) is 3.66. The predicted molar refractivity (Wildman–Crippen MR) is 99.5 cm³/mol. The Morgan fingerprint density at radius 2 is 1.52 bits per heavy atom. The highest BCUT2D eigenvalue weighted by Gasteiger charge is 1.97. The molecule has 0 spiro atoms. The number of benzene rings is 2. The molecular formula is C20H28N2O. The van der Waals surface area contributed by atoms with Gasteiger partial charge in [-0.05, 0) is 30.7 Å². The average Bonchev–Trinajstić information content (AvgIpc) is 2.60. The minimum absolute atomic E-state index is 0.805. The standard InChI is InChI=1S/C20H28N2O/c1-2-3-4-8-16-23-20-13-9-12-19(17-20)22-15-14-21-18-10-6-5-7-11-18/h5-7,9-13,17,21-22H,2-4,8,14-16H2,1H3. The van der Waals surface area contributed by atoms with Crippen LogP contribution in [-0.2, 0) is 0 Å². The van der Waals surface area contributed by atoms with E-state index in [4.69, 9.17) is 4.74 Å². The van der Waals surface area contributed by atoms with E-state index in [-0.39, 0.29) is 0 Å². The molecule has 0 atom stereocenters. The van der Waals surface area contributed by atoms with Crippen molar-refractivity contribution in [2.45, 2.75) is 32.6 Å². The van der Waals surface area contributed by atoms with Gasteiger partial charge in [0.05, 0.1) is 6.61 Å². The Hall–Kier alpha value is -2.16. The largest absolute Gasteiger partial charge is 0.494 e. The van der Waals surface area contributed by atoms with E-state index in [2.05, 4.69) is 41.8 Å². The van der Waals surface area contributed by atoms with Crippen molar-refractivity contribution in [3.63, 3.8) is 0 Å². The molecular weight excluding hydrogens is 284 g/mol. The summed E-state index contributed by atoms with van der Waals surface area (Å²) in [6.45, 7) is 4.78. The summed E-state index contributed by atoms with van der Waals surface area (Å²) >= 11 is 0. The van der Waals surface area contributed by atoms with Crippen LogP contribution in [0.4, 0.5) is 11.4 Å². The normalized spacial score (nSPS) is 10.3. The van der Waals surface area contributed by atoms with E-state index in [0.717, 1.165) is 43.2 Å². The van der Waals surface area contributed by atoms with Crippen molar-refractivity contribution in [3.8, 4) is 5.75 Å². The van der Waals surface area contributed by atoms with Gasteiger partial charge in [0.2, 0.25) is 0 Å². The second kappa shape index (κ2) is 10.5. The van der Waals surface area contributed by atoms with Crippen molar-refractivity contribution in [2.75, 3.05) is 30.3 Å². The SMILES string of the molecule is CCCCCCOc1cccc(NCCNc2ccccc2)c1. The van der Waals surface area contributed by atoms with Crippen molar-refractivity contribution in [1.29, 1.82) is 0 Å². The molecule has 0 amide bonds. The molecule has 0 saturated carbocycles. The first-order valence-electron chi connectivity index (χ1n) is 8.64. The van der Waals surface area contributed by atoms with Gasteiger partial charge in [-0.3, -0.25) is 0 Å². The Kier molecular flexibility index (Phi) is 7.89. The van der Waals surface area contributed by atoms with Crippen LogP contribution in [-0.4, -0.2) is 19.7 Å². The van der Waals surface area contributed by atoms with Crippen molar-refractivity contribution < 1.29 is 4.74 Å². The summed E-state index contributed by atoms with van der Waals surface area (Å²) in [4.78, 5) is 0. The van der Waals surface area contributed by atoms with Crippen molar-refractivity contribution in [1.82, 2.24) is 0 Å². The number of unbranched alkanes of at least 4 members (excludes halogenated alkanes) is 3. The molecule has 124 valence electrons. The first kappa shape index (κ1) is 17.2. The summed E-state index contributed by atoms with van der Waals surface area (Å²) in [6, 6.07) is 18.5. The number of nitrogens with one attached hydrogen (secondary N) is 2. The lowest BCUT2D eigenvalue weighted by Gasteiger charge is -2.11. The molecule has 0 aliphatic rings. The molecule has 0 saturated heterocycles. The zero-order valence-corrected chi connectivity index (χ0v) is 14.1. The number of para-hydroxylation sites is 1. The van der Waals surface area contributed by atoms with Gasteiger partial charge in [-0.25, -0.2) is 0 Å². The van der Waals surface area contributed by atoms with E-state index < -0.39 is 0 Å². The molecule has 0 heterocycles. The Bertz CT molecular complexity index is 542. The third-order valence-electron chi connectivity index (χ3n) is 3.66. The number of ether oxygens (including phenoxy) is 1. The Morgan fingerprint density at radius 1 is 0.783 bits per heavy atom. The van der Waals surface area contributed by atoms with Crippen molar-refractivity contribution in [2.24, 2.45) is 0 Å². The van der Waals surface area contributed by atoms with Crippen LogP contribution in [0, 0.1) is 0 Å². The number of rotatable bonds is 11. The lowest BCUT2D eigenvalue weighted by Crippen LogP contribution is -2.13. The summed E-state index contributed by atoms with van der Waals surface area (Å²) in [5.41, 5.74) is 2.25. The zero-order valence-electron chi connectivity index (χ0n) is 14.1. The van der Waals surface area contributed by atoms with Crippen LogP contribution in [0.2, 0.25) is 0 Å². The highest BCUT2D eigenvalue weighted by Crippen LogP contribution is 2.17. The fraction of sp³-hybridized carbons (Fsp3) is 0.400. The van der Waals surface area contributed by atoms with Crippen molar-refractivity contribution >= 4 is 11.4 Å². The molecule has 0 aliphatic heterocycles. The first-order valence-corrected chi connectivity index (χ1v) is 8.64. The van der Waals surface area contributed by atoms with Gasteiger partial charge in [-0.1, -0.05) is 50.5 Å². The van der Waals surface area contributed by atoms with Crippen LogP contribution in [0.25, 0.3) is 0 Å². The summed E-state index contributed by atoms with van der Waals surface area (Å²) in [6.07, 6.45) is 4.93. The topological polar surface area (TPSA) is 33.3 Å². The molecule has 3 nitrogen and oxygen atoms in total. The fourth-order valence-electron chi connectivity index (χ4n) is 2.38. The molecule has 0 aliphatic carbocycles. The lowest BCUT2D eigenvalue weighted by atomic mass is 10.2. The Morgan fingerprint density at radius 3 is 2.30 bits per heavy atom. The molecule has 0 fully saturated rings. The van der Waals surface area contributed by atoms with Crippen LogP contribution in [0.3, 0.4) is 0 Å². The molecule has 0 unspecified atom stereocenters. The summed E-state index contributed by atoms with van der Waals surface area (Å²) < 4.78 is 5.81. The predicted octanol–water partition coefficient (Wildman–Crippen LogP) is 5.17. The molecule has 0 bridgehead atoms. The molecule has 2 aromatic rings. The highest BCUT2D eigenvalue weighted by atomic mass is 16.5. The van der Waals surface area contributed by atoms with Crippen LogP contribution < -0.4 is 15.4 Å². The maximum absolute atomic E-state index is 5.81. The summed E-state index contributed by atoms with van der Waals surface area (Å²) in [7, 11) is 0.